The van der Waals surface area contributed by atoms with Crippen LogP contribution in [0, 0.1) is 12.8 Å². The van der Waals surface area contributed by atoms with E-state index in [1.807, 2.05) is 37.3 Å². The van der Waals surface area contributed by atoms with Gasteiger partial charge in [0, 0.05) is 11.5 Å². The molecule has 1 saturated heterocycles. The van der Waals surface area contributed by atoms with Crippen molar-refractivity contribution >= 4 is 11.0 Å². The van der Waals surface area contributed by atoms with Crippen molar-refractivity contribution in [1.29, 1.82) is 0 Å². The van der Waals surface area contributed by atoms with Crippen LogP contribution in [0.3, 0.4) is 0 Å². The number of hydrogen-bond acceptors (Lipinski definition) is 5. The number of hydrogen-bond donors (Lipinski definition) is 0. The first-order valence-corrected chi connectivity index (χ1v) is 9.16. The first kappa shape index (κ1) is 16.4. The van der Waals surface area contributed by atoms with Crippen LogP contribution in [0.5, 0.6) is 11.5 Å². The third-order valence-corrected chi connectivity index (χ3v) is 5.59. The van der Waals surface area contributed by atoms with Crippen LogP contribution < -0.4 is 14.9 Å². The maximum absolute atomic E-state index is 13.2. The summed E-state index contributed by atoms with van der Waals surface area (Å²) in [4.78, 5) is 13.2. The van der Waals surface area contributed by atoms with Crippen molar-refractivity contribution in [1.82, 2.24) is 0 Å². The van der Waals surface area contributed by atoms with E-state index in [4.69, 9.17) is 18.6 Å². The SMILES string of the molecule is COc1ccc(-c2coc3c(C)c4c(cc3c2=O)CC2CCOC2O4)cc1. The van der Waals surface area contributed by atoms with Crippen molar-refractivity contribution in [2.24, 2.45) is 5.92 Å². The summed E-state index contributed by atoms with van der Waals surface area (Å²) in [5.74, 6) is 1.90. The van der Waals surface area contributed by atoms with Gasteiger partial charge in [-0.3, -0.25) is 4.79 Å². The molecule has 138 valence electrons. The van der Waals surface area contributed by atoms with Crippen LogP contribution >= 0.6 is 0 Å². The predicted molar refractivity (Wildman–Crippen MR) is 101 cm³/mol. The van der Waals surface area contributed by atoms with Crippen LogP contribution in [-0.2, 0) is 11.2 Å². The summed E-state index contributed by atoms with van der Waals surface area (Å²) in [5.41, 5.74) is 3.82. The molecule has 1 aromatic heterocycles. The Balaban J connectivity index is 1.66. The highest BCUT2D eigenvalue weighted by Gasteiger charge is 2.36. The topological polar surface area (TPSA) is 57.9 Å². The molecule has 2 aliphatic heterocycles. The van der Waals surface area contributed by atoms with E-state index in [2.05, 4.69) is 0 Å². The minimum absolute atomic E-state index is 0.0305. The lowest BCUT2D eigenvalue weighted by atomic mass is 9.91. The molecule has 3 heterocycles. The average molecular weight is 364 g/mol. The Morgan fingerprint density at radius 3 is 2.78 bits per heavy atom. The number of methoxy groups -OCH3 is 1. The predicted octanol–water partition coefficient (Wildman–Crippen LogP) is 4.07. The van der Waals surface area contributed by atoms with E-state index in [9.17, 15) is 4.79 Å². The largest absolute Gasteiger partial charge is 0.497 e. The molecule has 0 radical (unpaired) electrons. The fourth-order valence-corrected chi connectivity index (χ4v) is 4.11. The zero-order chi connectivity index (χ0) is 18.5. The van der Waals surface area contributed by atoms with E-state index >= 15 is 0 Å². The zero-order valence-electron chi connectivity index (χ0n) is 15.3. The fraction of sp³-hybridized carbons (Fsp3) is 0.318. The molecule has 27 heavy (non-hydrogen) atoms. The molecule has 5 nitrogen and oxygen atoms in total. The highest BCUT2D eigenvalue weighted by Crippen LogP contribution is 2.41. The molecule has 0 saturated carbocycles. The molecule has 0 N–H and O–H groups in total. The Kier molecular flexibility index (Phi) is 3.72. The van der Waals surface area contributed by atoms with Gasteiger partial charge < -0.3 is 18.6 Å². The highest BCUT2D eigenvalue weighted by molar-refractivity contribution is 5.87. The molecule has 5 heteroatoms. The van der Waals surface area contributed by atoms with Gasteiger partial charge in [0.2, 0.25) is 11.7 Å². The first-order valence-electron chi connectivity index (χ1n) is 9.16. The quantitative estimate of drug-likeness (QED) is 0.686. The van der Waals surface area contributed by atoms with Crippen LogP contribution in [0.15, 0.2) is 45.8 Å². The molecule has 0 spiro atoms. The van der Waals surface area contributed by atoms with Crippen LogP contribution in [0.25, 0.3) is 22.1 Å². The Morgan fingerprint density at radius 1 is 1.19 bits per heavy atom. The lowest BCUT2D eigenvalue weighted by Gasteiger charge is -2.29. The number of ether oxygens (including phenoxy) is 3. The first-order chi connectivity index (χ1) is 13.2. The molecule has 5 rings (SSSR count). The lowest BCUT2D eigenvalue weighted by Crippen LogP contribution is -2.30. The van der Waals surface area contributed by atoms with Crippen molar-refractivity contribution in [2.45, 2.75) is 26.1 Å². The summed E-state index contributed by atoms with van der Waals surface area (Å²) < 4.78 is 22.8. The van der Waals surface area contributed by atoms with Gasteiger partial charge in [-0.2, -0.15) is 0 Å². The van der Waals surface area contributed by atoms with Crippen LogP contribution in [-0.4, -0.2) is 20.0 Å². The van der Waals surface area contributed by atoms with E-state index in [-0.39, 0.29) is 11.7 Å². The van der Waals surface area contributed by atoms with Gasteiger partial charge in [-0.05, 0) is 49.1 Å². The minimum atomic E-state index is -0.182. The number of rotatable bonds is 2. The molecule has 0 aliphatic carbocycles. The van der Waals surface area contributed by atoms with E-state index in [0.717, 1.165) is 47.6 Å². The second-order valence-electron chi connectivity index (χ2n) is 7.18. The van der Waals surface area contributed by atoms with E-state index in [1.54, 1.807) is 7.11 Å². The average Bonchev–Trinajstić information content (AvgIpc) is 3.15. The Hall–Kier alpha value is -2.79. The lowest BCUT2D eigenvalue weighted by molar-refractivity contribution is -0.0701. The Bertz CT molecular complexity index is 1080. The zero-order valence-corrected chi connectivity index (χ0v) is 15.3. The number of aryl methyl sites for hydroxylation is 1. The van der Waals surface area contributed by atoms with E-state index in [1.165, 1.54) is 6.26 Å². The summed E-state index contributed by atoms with van der Waals surface area (Å²) in [5, 5.41) is 0.598. The smallest absolute Gasteiger partial charge is 0.203 e. The molecular weight excluding hydrogens is 344 g/mol. The van der Waals surface area contributed by atoms with Gasteiger partial charge >= 0.3 is 0 Å². The Labute approximate surface area is 156 Å². The van der Waals surface area contributed by atoms with Gasteiger partial charge in [-0.15, -0.1) is 0 Å². The standard InChI is InChI=1S/C22H20O5/c1-12-20-15(9-14-7-8-25-22(14)27-20)10-17-19(23)18(11-26-21(12)17)13-3-5-16(24-2)6-4-13/h3-6,10-11,14,22H,7-9H2,1-2H3. The van der Waals surface area contributed by atoms with E-state index < -0.39 is 0 Å². The second kappa shape index (κ2) is 6.13. The molecule has 1 fully saturated rings. The monoisotopic (exact) mass is 364 g/mol. The van der Waals surface area contributed by atoms with Gasteiger partial charge in [0.05, 0.1) is 24.7 Å². The molecule has 3 aromatic rings. The van der Waals surface area contributed by atoms with Crippen LogP contribution in [0.2, 0.25) is 0 Å². The van der Waals surface area contributed by atoms with Gasteiger partial charge in [-0.25, -0.2) is 0 Å². The third-order valence-electron chi connectivity index (χ3n) is 5.59. The van der Waals surface area contributed by atoms with Crippen molar-refractivity contribution in [3.63, 3.8) is 0 Å². The molecule has 0 amide bonds. The van der Waals surface area contributed by atoms with Gasteiger partial charge in [-0.1, -0.05) is 12.1 Å². The van der Waals surface area contributed by atoms with E-state index in [0.29, 0.717) is 22.5 Å². The van der Waals surface area contributed by atoms with Gasteiger partial charge in [0.1, 0.15) is 23.3 Å². The third kappa shape index (κ3) is 2.53. The normalized spacial score (nSPS) is 20.8. The van der Waals surface area contributed by atoms with Gasteiger partial charge in [0.15, 0.2) is 0 Å². The summed E-state index contributed by atoms with van der Waals surface area (Å²) in [6, 6.07) is 9.35. The van der Waals surface area contributed by atoms with Crippen LogP contribution in [0.1, 0.15) is 17.5 Å². The van der Waals surface area contributed by atoms with Crippen molar-refractivity contribution < 1.29 is 18.6 Å². The molecule has 2 atom stereocenters. The molecule has 2 unspecified atom stereocenters. The maximum Gasteiger partial charge on any atom is 0.203 e. The summed E-state index contributed by atoms with van der Waals surface area (Å²) in [7, 11) is 1.62. The van der Waals surface area contributed by atoms with Crippen molar-refractivity contribution in [3.05, 3.63) is 57.9 Å². The summed E-state index contributed by atoms with van der Waals surface area (Å²) >= 11 is 0. The summed E-state index contributed by atoms with van der Waals surface area (Å²) in [6.07, 6.45) is 3.20. The van der Waals surface area contributed by atoms with Crippen molar-refractivity contribution in [2.75, 3.05) is 13.7 Å². The minimum Gasteiger partial charge on any atom is -0.497 e. The number of fused-ring (bicyclic) bond motifs is 3. The molecule has 2 aliphatic rings. The summed E-state index contributed by atoms with van der Waals surface area (Å²) in [6.45, 7) is 2.66. The van der Waals surface area contributed by atoms with Crippen LogP contribution in [0.4, 0.5) is 0 Å². The number of benzene rings is 2. The second-order valence-corrected chi connectivity index (χ2v) is 7.18. The molecule has 0 bridgehead atoms. The highest BCUT2D eigenvalue weighted by atomic mass is 16.7. The molecular formula is C22H20O5. The van der Waals surface area contributed by atoms with Crippen molar-refractivity contribution in [3.8, 4) is 22.6 Å². The van der Waals surface area contributed by atoms with Gasteiger partial charge in [0.25, 0.3) is 0 Å². The fourth-order valence-electron chi connectivity index (χ4n) is 4.11. The molecule has 2 aromatic carbocycles. The Morgan fingerprint density at radius 2 is 2.00 bits per heavy atom. The maximum atomic E-state index is 13.2.